The maximum atomic E-state index is 12.3. The van der Waals surface area contributed by atoms with Crippen molar-refractivity contribution in [3.8, 4) is 0 Å². The lowest BCUT2D eigenvalue weighted by molar-refractivity contribution is -0.144. The van der Waals surface area contributed by atoms with Crippen molar-refractivity contribution in [2.45, 2.75) is 39.3 Å². The fourth-order valence-electron chi connectivity index (χ4n) is 1.94. The highest BCUT2D eigenvalue weighted by Crippen LogP contribution is 2.19. The summed E-state index contributed by atoms with van der Waals surface area (Å²) in [7, 11) is 1.84. The van der Waals surface area contributed by atoms with Crippen molar-refractivity contribution >= 4 is 5.91 Å². The van der Waals surface area contributed by atoms with Crippen molar-refractivity contribution in [1.82, 2.24) is 4.90 Å². The van der Waals surface area contributed by atoms with Crippen molar-refractivity contribution in [3.05, 3.63) is 35.9 Å². The molecule has 2 atom stereocenters. The Kier molecular flexibility index (Phi) is 5.86. The summed E-state index contributed by atoms with van der Waals surface area (Å²) in [6, 6.07) is 10.1. The minimum atomic E-state index is -0.328. The highest BCUT2D eigenvalue weighted by molar-refractivity contribution is 5.81. The van der Waals surface area contributed by atoms with Crippen LogP contribution in [-0.2, 0) is 9.53 Å². The number of likely N-dealkylation sites (N-methyl/N-ethyl adjacent to an activating group) is 1. The molecule has 18 heavy (non-hydrogen) atoms. The van der Waals surface area contributed by atoms with Crippen LogP contribution < -0.4 is 0 Å². The molecule has 1 amide bonds. The molecule has 0 spiro atoms. The predicted octanol–water partition coefficient (Wildman–Crippen LogP) is 3.02. The zero-order chi connectivity index (χ0) is 13.5. The summed E-state index contributed by atoms with van der Waals surface area (Å²) in [5, 5.41) is 0. The first kappa shape index (κ1) is 14.7. The van der Waals surface area contributed by atoms with Gasteiger partial charge in [0, 0.05) is 13.7 Å². The van der Waals surface area contributed by atoms with E-state index < -0.39 is 0 Å². The molecule has 0 heterocycles. The Balaban J connectivity index is 2.74. The second-order valence-electron chi connectivity index (χ2n) is 4.39. The molecule has 1 aromatic rings. The Morgan fingerprint density at radius 3 is 2.39 bits per heavy atom. The second kappa shape index (κ2) is 7.17. The van der Waals surface area contributed by atoms with Crippen molar-refractivity contribution < 1.29 is 9.53 Å². The minimum absolute atomic E-state index is 0.0516. The van der Waals surface area contributed by atoms with Crippen LogP contribution in [0.15, 0.2) is 30.3 Å². The highest BCUT2D eigenvalue weighted by atomic mass is 16.5. The summed E-state index contributed by atoms with van der Waals surface area (Å²) >= 11 is 0. The molecule has 0 aliphatic rings. The fourth-order valence-corrected chi connectivity index (χ4v) is 1.94. The van der Waals surface area contributed by atoms with Crippen LogP contribution in [-0.4, -0.2) is 30.6 Å². The van der Waals surface area contributed by atoms with Gasteiger partial charge in [-0.05, 0) is 25.8 Å². The molecule has 1 rings (SSSR count). The van der Waals surface area contributed by atoms with Gasteiger partial charge in [0.05, 0.1) is 6.04 Å². The largest absolute Gasteiger partial charge is 0.369 e. The molecule has 0 aliphatic carbocycles. The number of amides is 1. The molecule has 3 nitrogen and oxygen atoms in total. The van der Waals surface area contributed by atoms with E-state index in [0.717, 1.165) is 5.56 Å². The van der Waals surface area contributed by atoms with Crippen LogP contribution >= 0.6 is 0 Å². The van der Waals surface area contributed by atoms with E-state index in [9.17, 15) is 4.79 Å². The normalized spacial score (nSPS) is 14.0. The monoisotopic (exact) mass is 249 g/mol. The van der Waals surface area contributed by atoms with Crippen molar-refractivity contribution in [2.75, 3.05) is 13.7 Å². The maximum Gasteiger partial charge on any atom is 0.251 e. The Bertz CT molecular complexity index is 364. The smallest absolute Gasteiger partial charge is 0.251 e. The van der Waals surface area contributed by atoms with Crippen LogP contribution in [0.3, 0.4) is 0 Å². The van der Waals surface area contributed by atoms with Crippen molar-refractivity contribution in [2.24, 2.45) is 0 Å². The number of benzene rings is 1. The van der Waals surface area contributed by atoms with Gasteiger partial charge in [0.1, 0.15) is 6.10 Å². The first-order valence-electron chi connectivity index (χ1n) is 6.55. The molecule has 0 unspecified atom stereocenters. The Labute approximate surface area is 110 Å². The topological polar surface area (TPSA) is 29.5 Å². The Morgan fingerprint density at radius 1 is 1.28 bits per heavy atom. The molecule has 0 aliphatic heterocycles. The van der Waals surface area contributed by atoms with E-state index in [2.05, 4.69) is 0 Å². The van der Waals surface area contributed by atoms with Gasteiger partial charge in [-0.15, -0.1) is 0 Å². The number of hydrogen-bond donors (Lipinski definition) is 0. The molecule has 0 aromatic heterocycles. The van der Waals surface area contributed by atoms with Crippen LogP contribution in [0.2, 0.25) is 0 Å². The summed E-state index contributed by atoms with van der Waals surface area (Å²) in [6.45, 7) is 6.49. The van der Waals surface area contributed by atoms with E-state index in [-0.39, 0.29) is 18.1 Å². The summed E-state index contributed by atoms with van der Waals surface area (Å²) in [4.78, 5) is 14.0. The van der Waals surface area contributed by atoms with Gasteiger partial charge in [0.2, 0.25) is 0 Å². The first-order valence-corrected chi connectivity index (χ1v) is 6.55. The average molecular weight is 249 g/mol. The van der Waals surface area contributed by atoms with Gasteiger partial charge in [0.25, 0.3) is 5.91 Å². The van der Waals surface area contributed by atoms with Crippen molar-refractivity contribution in [1.29, 1.82) is 0 Å². The van der Waals surface area contributed by atoms with E-state index in [1.54, 1.807) is 4.90 Å². The van der Waals surface area contributed by atoms with E-state index >= 15 is 0 Å². The fraction of sp³-hybridized carbons (Fsp3) is 0.533. The molecule has 0 radical (unpaired) electrons. The third-order valence-corrected chi connectivity index (χ3v) is 3.22. The van der Waals surface area contributed by atoms with E-state index in [1.807, 2.05) is 58.2 Å². The van der Waals surface area contributed by atoms with Gasteiger partial charge in [-0.1, -0.05) is 37.3 Å². The molecule has 0 bridgehead atoms. The molecule has 0 saturated heterocycles. The number of carbonyl (C=O) groups is 1. The predicted molar refractivity (Wildman–Crippen MR) is 73.3 cm³/mol. The lowest BCUT2D eigenvalue weighted by Gasteiger charge is -2.28. The van der Waals surface area contributed by atoms with Crippen LogP contribution in [0, 0.1) is 0 Å². The number of nitrogens with zero attached hydrogens (tertiary/aromatic N) is 1. The molecule has 0 saturated carbocycles. The molecule has 100 valence electrons. The Morgan fingerprint density at radius 2 is 1.89 bits per heavy atom. The number of carbonyl (C=O) groups excluding carboxylic acids is 1. The zero-order valence-corrected chi connectivity index (χ0v) is 11.7. The van der Waals surface area contributed by atoms with E-state index in [0.29, 0.717) is 13.0 Å². The second-order valence-corrected chi connectivity index (χ2v) is 4.39. The van der Waals surface area contributed by atoms with Gasteiger partial charge in [0.15, 0.2) is 0 Å². The summed E-state index contributed by atoms with van der Waals surface area (Å²) < 4.78 is 5.47. The summed E-state index contributed by atoms with van der Waals surface area (Å²) in [5.41, 5.74) is 1.14. The quantitative estimate of drug-likeness (QED) is 0.775. The highest BCUT2D eigenvalue weighted by Gasteiger charge is 2.24. The Hall–Kier alpha value is -1.35. The van der Waals surface area contributed by atoms with Gasteiger partial charge >= 0.3 is 0 Å². The lowest BCUT2D eigenvalue weighted by atomic mass is 10.1. The van der Waals surface area contributed by atoms with E-state index in [4.69, 9.17) is 4.74 Å². The average Bonchev–Trinajstić information content (AvgIpc) is 2.43. The lowest BCUT2D eigenvalue weighted by Crippen LogP contribution is -2.39. The van der Waals surface area contributed by atoms with Gasteiger partial charge in [-0.2, -0.15) is 0 Å². The molecule has 1 aromatic carbocycles. The van der Waals surface area contributed by atoms with Crippen molar-refractivity contribution in [3.63, 3.8) is 0 Å². The van der Waals surface area contributed by atoms with Gasteiger partial charge in [-0.3, -0.25) is 4.79 Å². The van der Waals surface area contributed by atoms with Gasteiger partial charge < -0.3 is 9.64 Å². The molecular weight excluding hydrogens is 226 g/mol. The standard InChI is InChI=1S/C15H23NO2/c1-5-14(18-6-2)15(17)16(4)12(3)13-10-8-7-9-11-13/h7-12,14H,5-6H2,1-4H3/t12-,14-/m1/s1. The number of hydrogen-bond acceptors (Lipinski definition) is 2. The van der Waals surface area contributed by atoms with E-state index in [1.165, 1.54) is 0 Å². The van der Waals surface area contributed by atoms with Crippen LogP contribution in [0.1, 0.15) is 38.8 Å². The SMILES string of the molecule is CCO[C@H](CC)C(=O)N(C)[C@H](C)c1ccccc1. The summed E-state index contributed by atoms with van der Waals surface area (Å²) in [5.74, 6) is 0.0516. The van der Waals surface area contributed by atoms with Gasteiger partial charge in [-0.25, -0.2) is 0 Å². The first-order chi connectivity index (χ1) is 8.61. The molecular formula is C15H23NO2. The third-order valence-electron chi connectivity index (χ3n) is 3.22. The van der Waals surface area contributed by atoms with Crippen LogP contribution in [0.4, 0.5) is 0 Å². The maximum absolute atomic E-state index is 12.3. The minimum Gasteiger partial charge on any atom is -0.369 e. The van der Waals surface area contributed by atoms with Crippen LogP contribution in [0.5, 0.6) is 0 Å². The number of rotatable bonds is 6. The molecule has 0 fully saturated rings. The zero-order valence-electron chi connectivity index (χ0n) is 11.7. The summed E-state index contributed by atoms with van der Waals surface area (Å²) in [6.07, 6.45) is 0.379. The number of ether oxygens (including phenoxy) is 1. The molecule has 0 N–H and O–H groups in total. The third kappa shape index (κ3) is 3.57. The molecule has 3 heteroatoms. The van der Waals surface area contributed by atoms with Crippen LogP contribution in [0.25, 0.3) is 0 Å².